The van der Waals surface area contributed by atoms with Crippen molar-refractivity contribution in [1.29, 1.82) is 0 Å². The fourth-order valence-corrected chi connectivity index (χ4v) is 3.83. The van der Waals surface area contributed by atoms with Gasteiger partial charge in [0.1, 0.15) is 5.52 Å². The smallest absolute Gasteiger partial charge is 0.257 e. The van der Waals surface area contributed by atoms with Crippen LogP contribution in [0.2, 0.25) is 0 Å². The fourth-order valence-electron chi connectivity index (χ4n) is 3.62. The molecule has 0 spiro atoms. The van der Waals surface area contributed by atoms with E-state index < -0.39 is 0 Å². The average Bonchev–Trinajstić information content (AvgIpc) is 3.22. The van der Waals surface area contributed by atoms with Crippen LogP contribution >= 0.6 is 12.2 Å². The lowest BCUT2D eigenvalue weighted by Crippen LogP contribution is -2.34. The molecule has 1 aromatic heterocycles. The number of oxazole rings is 1. The summed E-state index contributed by atoms with van der Waals surface area (Å²) in [7, 11) is 0. The minimum absolute atomic E-state index is 0.0301. The van der Waals surface area contributed by atoms with E-state index in [4.69, 9.17) is 16.6 Å². The van der Waals surface area contributed by atoms with E-state index in [0.29, 0.717) is 17.4 Å². The molecule has 2 N–H and O–H groups in total. The van der Waals surface area contributed by atoms with E-state index in [2.05, 4.69) is 62.4 Å². The maximum Gasteiger partial charge on any atom is 0.257 e. The molecule has 0 bridgehead atoms. The SMILES string of the molecule is CC(C)c1ccc2oc(-c3cccc(NC(=S)NC(=O)c4ccc(C(C)(C)C)cc4)c3)nc2c1. The highest BCUT2D eigenvalue weighted by Crippen LogP contribution is 2.28. The van der Waals surface area contributed by atoms with Gasteiger partial charge < -0.3 is 9.73 Å². The zero-order valence-electron chi connectivity index (χ0n) is 20.1. The Morgan fingerprint density at radius 1 is 1.00 bits per heavy atom. The Bertz CT molecular complexity index is 1350. The molecule has 0 unspecified atom stereocenters. The van der Waals surface area contributed by atoms with Crippen molar-refractivity contribution < 1.29 is 9.21 Å². The molecule has 1 heterocycles. The summed E-state index contributed by atoms with van der Waals surface area (Å²) in [5.41, 5.74) is 6.10. The number of fused-ring (bicyclic) bond motifs is 1. The van der Waals surface area contributed by atoms with Gasteiger partial charge in [-0.1, -0.05) is 58.9 Å². The number of carbonyl (C=O) groups excluding carboxylic acids is 1. The number of aromatic nitrogens is 1. The topological polar surface area (TPSA) is 67.2 Å². The lowest BCUT2D eigenvalue weighted by molar-refractivity contribution is 0.0977. The average molecular weight is 472 g/mol. The van der Waals surface area contributed by atoms with Crippen molar-refractivity contribution in [3.05, 3.63) is 83.4 Å². The number of hydrogen-bond donors (Lipinski definition) is 2. The first-order valence-corrected chi connectivity index (χ1v) is 11.7. The third kappa shape index (κ3) is 5.34. The summed E-state index contributed by atoms with van der Waals surface area (Å²) in [5, 5.41) is 6.04. The number of nitrogens with one attached hydrogen (secondary N) is 2. The molecule has 6 heteroatoms. The summed E-state index contributed by atoms with van der Waals surface area (Å²) >= 11 is 5.37. The second-order valence-corrected chi connectivity index (χ2v) is 10.1. The van der Waals surface area contributed by atoms with Crippen molar-refractivity contribution in [3.8, 4) is 11.5 Å². The molecule has 0 saturated carbocycles. The molecular weight excluding hydrogens is 442 g/mol. The van der Waals surface area contributed by atoms with Crippen LogP contribution in [0.4, 0.5) is 5.69 Å². The van der Waals surface area contributed by atoms with Crippen molar-refractivity contribution in [3.63, 3.8) is 0 Å². The Labute approximate surface area is 205 Å². The van der Waals surface area contributed by atoms with E-state index in [1.807, 2.05) is 54.6 Å². The van der Waals surface area contributed by atoms with Crippen LogP contribution < -0.4 is 10.6 Å². The van der Waals surface area contributed by atoms with Gasteiger partial charge in [-0.25, -0.2) is 4.98 Å². The summed E-state index contributed by atoms with van der Waals surface area (Å²) in [6, 6.07) is 21.3. The van der Waals surface area contributed by atoms with Crippen LogP contribution in [0.15, 0.2) is 71.1 Å². The number of benzene rings is 3. The Kier molecular flexibility index (Phi) is 6.53. The molecule has 174 valence electrons. The minimum atomic E-state index is -0.256. The highest BCUT2D eigenvalue weighted by Gasteiger charge is 2.15. The van der Waals surface area contributed by atoms with Crippen molar-refractivity contribution in [2.75, 3.05) is 5.32 Å². The van der Waals surface area contributed by atoms with Gasteiger partial charge in [0.05, 0.1) is 0 Å². The standard InChI is InChI=1S/C28H29N3O2S/c1-17(2)19-11-14-24-23(16-19)30-26(33-24)20-7-6-8-22(15-20)29-27(34)31-25(32)18-9-12-21(13-10-18)28(3,4)5/h6-17H,1-5H3,(H2,29,31,32,34). The van der Waals surface area contributed by atoms with Crippen LogP contribution in [-0.4, -0.2) is 16.0 Å². The number of hydrogen-bond acceptors (Lipinski definition) is 4. The Morgan fingerprint density at radius 2 is 1.74 bits per heavy atom. The van der Waals surface area contributed by atoms with Crippen LogP contribution in [0.1, 0.15) is 62.0 Å². The zero-order chi connectivity index (χ0) is 24.5. The molecular formula is C28H29N3O2S. The monoisotopic (exact) mass is 471 g/mol. The fraction of sp³-hybridized carbons (Fsp3) is 0.250. The first-order valence-electron chi connectivity index (χ1n) is 11.3. The van der Waals surface area contributed by atoms with Gasteiger partial charge >= 0.3 is 0 Å². The Balaban J connectivity index is 1.45. The van der Waals surface area contributed by atoms with Gasteiger partial charge in [-0.2, -0.15) is 0 Å². The molecule has 4 rings (SSSR count). The lowest BCUT2D eigenvalue weighted by atomic mass is 9.87. The second kappa shape index (κ2) is 9.39. The summed E-state index contributed by atoms with van der Waals surface area (Å²) in [6.07, 6.45) is 0. The molecule has 0 atom stereocenters. The van der Waals surface area contributed by atoms with Crippen LogP contribution in [0, 0.1) is 0 Å². The largest absolute Gasteiger partial charge is 0.436 e. The van der Waals surface area contributed by atoms with Crippen LogP contribution in [0.3, 0.4) is 0 Å². The summed E-state index contributed by atoms with van der Waals surface area (Å²) in [4.78, 5) is 17.3. The van der Waals surface area contributed by atoms with Crippen LogP contribution in [0.5, 0.6) is 0 Å². The van der Waals surface area contributed by atoms with Crippen LogP contribution in [-0.2, 0) is 5.41 Å². The third-order valence-electron chi connectivity index (χ3n) is 5.69. The van der Waals surface area contributed by atoms with Gasteiger partial charge in [-0.05, 0) is 77.1 Å². The predicted octanol–water partition coefficient (Wildman–Crippen LogP) is 7.04. The normalized spacial score (nSPS) is 11.6. The van der Waals surface area contributed by atoms with Crippen molar-refractivity contribution in [1.82, 2.24) is 10.3 Å². The highest BCUT2D eigenvalue weighted by molar-refractivity contribution is 7.80. The van der Waals surface area contributed by atoms with Gasteiger partial charge in [-0.15, -0.1) is 0 Å². The van der Waals surface area contributed by atoms with Crippen molar-refractivity contribution in [2.24, 2.45) is 0 Å². The molecule has 0 aliphatic carbocycles. The number of anilines is 1. The molecule has 0 fully saturated rings. The molecule has 0 saturated heterocycles. The Hall–Kier alpha value is -3.51. The molecule has 34 heavy (non-hydrogen) atoms. The number of rotatable bonds is 4. The van der Waals surface area contributed by atoms with Gasteiger partial charge in [0.15, 0.2) is 10.7 Å². The molecule has 3 aromatic carbocycles. The van der Waals surface area contributed by atoms with E-state index in [0.717, 1.165) is 22.4 Å². The second-order valence-electron chi connectivity index (χ2n) is 9.72. The van der Waals surface area contributed by atoms with Crippen LogP contribution in [0.25, 0.3) is 22.6 Å². The van der Waals surface area contributed by atoms with Gasteiger partial charge in [0.2, 0.25) is 5.89 Å². The third-order valence-corrected chi connectivity index (χ3v) is 5.89. The van der Waals surface area contributed by atoms with Crippen molar-refractivity contribution in [2.45, 2.75) is 46.0 Å². The van der Waals surface area contributed by atoms with Gasteiger partial charge in [0, 0.05) is 16.8 Å². The van der Waals surface area contributed by atoms with E-state index >= 15 is 0 Å². The predicted molar refractivity (Wildman–Crippen MR) is 142 cm³/mol. The maximum atomic E-state index is 12.6. The van der Waals surface area contributed by atoms with Crippen molar-refractivity contribution >= 4 is 40.0 Å². The highest BCUT2D eigenvalue weighted by atomic mass is 32.1. The van der Waals surface area contributed by atoms with E-state index in [9.17, 15) is 4.79 Å². The maximum absolute atomic E-state index is 12.6. The lowest BCUT2D eigenvalue weighted by Gasteiger charge is -2.19. The minimum Gasteiger partial charge on any atom is -0.436 e. The van der Waals surface area contributed by atoms with E-state index in [-0.39, 0.29) is 16.4 Å². The number of thiocarbonyl (C=S) groups is 1. The van der Waals surface area contributed by atoms with Gasteiger partial charge in [-0.3, -0.25) is 10.1 Å². The molecule has 0 aliphatic rings. The first kappa shape index (κ1) is 23.6. The zero-order valence-corrected chi connectivity index (χ0v) is 20.9. The Morgan fingerprint density at radius 3 is 2.41 bits per heavy atom. The first-order chi connectivity index (χ1) is 16.1. The number of amides is 1. The number of nitrogens with zero attached hydrogens (tertiary/aromatic N) is 1. The summed E-state index contributed by atoms with van der Waals surface area (Å²) in [6.45, 7) is 10.7. The van der Waals surface area contributed by atoms with E-state index in [1.54, 1.807) is 0 Å². The molecule has 5 nitrogen and oxygen atoms in total. The molecule has 0 radical (unpaired) electrons. The number of carbonyl (C=O) groups is 1. The summed E-state index contributed by atoms with van der Waals surface area (Å²) in [5.74, 6) is 0.701. The molecule has 1 amide bonds. The quantitative estimate of drug-likeness (QED) is 0.312. The summed E-state index contributed by atoms with van der Waals surface area (Å²) < 4.78 is 5.96. The van der Waals surface area contributed by atoms with E-state index in [1.165, 1.54) is 11.1 Å². The van der Waals surface area contributed by atoms with Gasteiger partial charge in [0.25, 0.3) is 5.91 Å². The molecule has 4 aromatic rings. The molecule has 0 aliphatic heterocycles.